The van der Waals surface area contributed by atoms with Gasteiger partial charge in [0.2, 0.25) is 5.91 Å². The van der Waals surface area contributed by atoms with E-state index in [1.807, 2.05) is 10.8 Å². The number of hydrogen-bond donors (Lipinski definition) is 3. The number of fused-ring (bicyclic) bond motifs is 1. The van der Waals surface area contributed by atoms with Gasteiger partial charge in [-0.3, -0.25) is 9.59 Å². The highest BCUT2D eigenvalue weighted by Gasteiger charge is 2.25. The van der Waals surface area contributed by atoms with Crippen LogP contribution in [0.5, 0.6) is 0 Å². The van der Waals surface area contributed by atoms with E-state index in [1.54, 1.807) is 24.3 Å². The molecule has 0 bridgehead atoms. The number of carbonyl (C=O) groups is 2. The summed E-state index contributed by atoms with van der Waals surface area (Å²) in [6.45, 7) is 0. The number of benzene rings is 1. The van der Waals surface area contributed by atoms with Gasteiger partial charge in [-0.15, -0.1) is 0 Å². The maximum atomic E-state index is 12.6. The molecule has 1 aromatic carbocycles. The van der Waals surface area contributed by atoms with Crippen LogP contribution in [-0.2, 0) is 0 Å². The number of carboxylic acid groups (broad SMARTS) is 1. The van der Waals surface area contributed by atoms with Gasteiger partial charge in [0.1, 0.15) is 5.56 Å². The zero-order chi connectivity index (χ0) is 19.1. The summed E-state index contributed by atoms with van der Waals surface area (Å²) in [6.07, 6.45) is 7.20. The Morgan fingerprint density at radius 2 is 1.81 bits per heavy atom. The van der Waals surface area contributed by atoms with Gasteiger partial charge >= 0.3 is 5.97 Å². The average Bonchev–Trinajstić information content (AvgIpc) is 3.30. The fourth-order valence-electron chi connectivity index (χ4n) is 3.97. The number of hydrogen-bond acceptors (Lipinski definition) is 3. The molecule has 0 spiro atoms. The molecule has 0 aliphatic heterocycles. The van der Waals surface area contributed by atoms with Crippen molar-refractivity contribution >= 4 is 22.8 Å². The van der Waals surface area contributed by atoms with Gasteiger partial charge in [0.05, 0.1) is 10.9 Å². The van der Waals surface area contributed by atoms with E-state index in [9.17, 15) is 19.5 Å². The first kappa shape index (κ1) is 17.1. The highest BCUT2D eigenvalue weighted by molar-refractivity contribution is 6.07. The second-order valence-corrected chi connectivity index (χ2v) is 6.89. The number of H-pyrrole nitrogens is 1. The molecule has 3 aromatic rings. The van der Waals surface area contributed by atoms with E-state index in [1.165, 1.54) is 6.20 Å². The zero-order valence-corrected chi connectivity index (χ0v) is 14.6. The molecule has 1 amide bonds. The number of carbonyl (C=O) groups excluding carboxylic acids is 1. The molecule has 27 heavy (non-hydrogen) atoms. The average molecular weight is 365 g/mol. The minimum atomic E-state index is -1.08. The van der Waals surface area contributed by atoms with Crippen LogP contribution < -0.4 is 11.3 Å². The van der Waals surface area contributed by atoms with Crippen LogP contribution in [0.15, 0.2) is 41.5 Å². The minimum Gasteiger partial charge on any atom is -0.478 e. The molecule has 1 fully saturated rings. The Balaban J connectivity index is 2.00. The molecule has 2 aromatic heterocycles. The summed E-state index contributed by atoms with van der Waals surface area (Å²) >= 11 is 0. The van der Waals surface area contributed by atoms with Crippen LogP contribution in [0.2, 0.25) is 0 Å². The zero-order valence-electron chi connectivity index (χ0n) is 14.6. The van der Waals surface area contributed by atoms with E-state index in [4.69, 9.17) is 5.73 Å². The van der Waals surface area contributed by atoms with Crippen molar-refractivity contribution in [2.75, 3.05) is 0 Å². The molecular formula is C20H19N3O4. The van der Waals surface area contributed by atoms with Crippen molar-refractivity contribution in [3.05, 3.63) is 58.1 Å². The van der Waals surface area contributed by atoms with Crippen LogP contribution in [0.1, 0.15) is 52.4 Å². The first-order valence-electron chi connectivity index (χ1n) is 8.87. The smallest absolute Gasteiger partial charge is 0.339 e. The van der Waals surface area contributed by atoms with Crippen LogP contribution >= 0.6 is 0 Å². The van der Waals surface area contributed by atoms with Gasteiger partial charge in [0.15, 0.2) is 0 Å². The Morgan fingerprint density at radius 3 is 2.41 bits per heavy atom. The summed E-state index contributed by atoms with van der Waals surface area (Å²) in [5.74, 6) is -1.61. The number of nitrogens with two attached hydrogens (primary N) is 1. The molecule has 1 saturated carbocycles. The summed E-state index contributed by atoms with van der Waals surface area (Å²) in [4.78, 5) is 38.2. The topological polar surface area (TPSA) is 118 Å². The normalized spacial score (nSPS) is 14.7. The highest BCUT2D eigenvalue weighted by Crippen LogP contribution is 2.37. The van der Waals surface area contributed by atoms with Gasteiger partial charge in [-0.2, -0.15) is 0 Å². The third kappa shape index (κ3) is 2.81. The maximum Gasteiger partial charge on any atom is 0.339 e. The third-order valence-electron chi connectivity index (χ3n) is 5.29. The SMILES string of the molecule is NC(=O)c1ccc(-c2cn(C3CCCC3)c3c(C(=O)O)c[nH]c(=O)c23)cc1. The number of carboxylic acids is 1. The minimum absolute atomic E-state index is 0.0801. The van der Waals surface area contributed by atoms with Gasteiger partial charge in [0.25, 0.3) is 5.56 Å². The van der Waals surface area contributed by atoms with Crippen LogP contribution in [-0.4, -0.2) is 26.5 Å². The number of nitrogens with one attached hydrogen (secondary N) is 1. The molecule has 4 N–H and O–H groups in total. The third-order valence-corrected chi connectivity index (χ3v) is 5.29. The number of pyridine rings is 1. The van der Waals surface area contributed by atoms with E-state index >= 15 is 0 Å². The molecular weight excluding hydrogens is 346 g/mol. The number of aromatic nitrogens is 2. The molecule has 0 saturated heterocycles. The fourth-order valence-corrected chi connectivity index (χ4v) is 3.97. The van der Waals surface area contributed by atoms with Gasteiger partial charge in [-0.1, -0.05) is 25.0 Å². The lowest BCUT2D eigenvalue weighted by atomic mass is 10.0. The summed E-state index contributed by atoms with van der Waals surface area (Å²) in [7, 11) is 0. The first-order chi connectivity index (χ1) is 13.0. The van der Waals surface area contributed by atoms with Gasteiger partial charge in [0, 0.05) is 29.6 Å². The van der Waals surface area contributed by atoms with Crippen molar-refractivity contribution in [1.29, 1.82) is 0 Å². The number of rotatable bonds is 4. The Hall–Kier alpha value is -3.35. The lowest BCUT2D eigenvalue weighted by Gasteiger charge is -2.14. The Labute approximate surface area is 154 Å². The number of amides is 1. The quantitative estimate of drug-likeness (QED) is 0.659. The second-order valence-electron chi connectivity index (χ2n) is 6.89. The Kier molecular flexibility index (Phi) is 4.07. The molecule has 0 unspecified atom stereocenters. The van der Waals surface area contributed by atoms with Crippen LogP contribution in [0.3, 0.4) is 0 Å². The van der Waals surface area contributed by atoms with Crippen molar-refractivity contribution < 1.29 is 14.7 Å². The number of primary amides is 1. The molecule has 0 radical (unpaired) electrons. The maximum absolute atomic E-state index is 12.6. The molecule has 0 atom stereocenters. The summed E-state index contributed by atoms with van der Waals surface area (Å²) in [5.41, 5.74) is 7.25. The molecule has 1 aliphatic rings. The standard InChI is InChI=1S/C20H19N3O4/c21-18(24)12-7-5-11(6-8-12)15-10-23(13-3-1-2-4-13)17-14(20(26)27)9-22-19(25)16(15)17/h5-10,13H,1-4H2,(H2,21,24)(H,22,25)(H,26,27). The molecule has 7 heteroatoms. The van der Waals surface area contributed by atoms with E-state index in [-0.39, 0.29) is 17.2 Å². The van der Waals surface area contributed by atoms with Crippen molar-refractivity contribution in [1.82, 2.24) is 9.55 Å². The van der Waals surface area contributed by atoms with Crippen molar-refractivity contribution in [2.45, 2.75) is 31.7 Å². The van der Waals surface area contributed by atoms with E-state index < -0.39 is 11.9 Å². The van der Waals surface area contributed by atoms with Crippen LogP contribution in [0, 0.1) is 0 Å². The Bertz CT molecular complexity index is 1100. The number of aromatic carboxylic acids is 1. The number of nitrogens with zero attached hydrogens (tertiary/aromatic N) is 1. The van der Waals surface area contributed by atoms with Gasteiger partial charge in [-0.05, 0) is 30.5 Å². The molecule has 4 rings (SSSR count). The molecule has 138 valence electrons. The van der Waals surface area contributed by atoms with Gasteiger partial charge < -0.3 is 20.4 Å². The largest absolute Gasteiger partial charge is 0.478 e. The lowest BCUT2D eigenvalue weighted by molar-refractivity contribution is 0.0697. The predicted molar refractivity (Wildman–Crippen MR) is 101 cm³/mol. The summed E-state index contributed by atoms with van der Waals surface area (Å²) in [5, 5.41) is 9.99. The van der Waals surface area contributed by atoms with E-state index in [2.05, 4.69) is 4.98 Å². The van der Waals surface area contributed by atoms with Crippen molar-refractivity contribution in [2.24, 2.45) is 5.73 Å². The van der Waals surface area contributed by atoms with E-state index in [0.717, 1.165) is 31.2 Å². The Morgan fingerprint density at radius 1 is 1.15 bits per heavy atom. The highest BCUT2D eigenvalue weighted by atomic mass is 16.4. The summed E-state index contributed by atoms with van der Waals surface area (Å²) < 4.78 is 1.94. The fraction of sp³-hybridized carbons (Fsp3) is 0.250. The molecule has 7 nitrogen and oxygen atoms in total. The monoisotopic (exact) mass is 365 g/mol. The van der Waals surface area contributed by atoms with Crippen LogP contribution in [0.25, 0.3) is 22.0 Å². The first-order valence-corrected chi connectivity index (χ1v) is 8.87. The van der Waals surface area contributed by atoms with Gasteiger partial charge in [-0.25, -0.2) is 4.79 Å². The predicted octanol–water partition coefficient (Wildman–Crippen LogP) is 2.91. The lowest BCUT2D eigenvalue weighted by Crippen LogP contribution is -2.13. The summed E-state index contributed by atoms with van der Waals surface area (Å²) in [6, 6.07) is 6.82. The number of aromatic amines is 1. The van der Waals surface area contributed by atoms with E-state index in [0.29, 0.717) is 22.0 Å². The second kappa shape index (κ2) is 6.42. The van der Waals surface area contributed by atoms with Crippen molar-refractivity contribution in [3.63, 3.8) is 0 Å². The molecule has 2 heterocycles. The van der Waals surface area contributed by atoms with Crippen molar-refractivity contribution in [3.8, 4) is 11.1 Å². The van der Waals surface area contributed by atoms with Crippen LogP contribution in [0.4, 0.5) is 0 Å². The molecule has 1 aliphatic carbocycles.